The van der Waals surface area contributed by atoms with Gasteiger partial charge in [-0.2, -0.15) is 0 Å². The Balaban J connectivity index is 1.47. The number of rotatable bonds is 5. The molecule has 1 aliphatic heterocycles. The van der Waals surface area contributed by atoms with Crippen LogP contribution in [0.3, 0.4) is 0 Å². The molecule has 0 fully saturated rings. The van der Waals surface area contributed by atoms with Crippen molar-refractivity contribution in [3.63, 3.8) is 0 Å². The lowest BCUT2D eigenvalue weighted by Crippen LogP contribution is -2.39. The fourth-order valence-electron chi connectivity index (χ4n) is 3.66. The molecule has 0 N–H and O–H groups in total. The number of carbonyl (C=O) groups excluding carboxylic acids is 1. The molecular formula is C23H23ClN2O2S. The van der Waals surface area contributed by atoms with Crippen molar-refractivity contribution in [3.05, 3.63) is 69.7 Å². The number of methoxy groups -OCH3 is 1. The minimum atomic E-state index is -0.109. The van der Waals surface area contributed by atoms with Crippen LogP contribution >= 0.6 is 22.9 Å². The average molecular weight is 427 g/mol. The number of thiazole rings is 1. The van der Waals surface area contributed by atoms with Gasteiger partial charge < -0.3 is 9.64 Å². The lowest BCUT2D eigenvalue weighted by Gasteiger charge is -2.28. The molecule has 150 valence electrons. The summed E-state index contributed by atoms with van der Waals surface area (Å²) in [6.07, 6.45) is 1.44. The standard InChI is InChI=1S/C23H23ClN2O2S/c1-15(12-16-6-3-4-9-19(16)24)23(27)26-11-10-20-21(14-26)29-22(25-20)17-7-5-8-18(13-17)28-2/h3-9,13,15H,10-12,14H2,1-2H3. The summed E-state index contributed by atoms with van der Waals surface area (Å²) in [5, 5.41) is 1.70. The highest BCUT2D eigenvalue weighted by Gasteiger charge is 2.27. The molecule has 1 amide bonds. The maximum Gasteiger partial charge on any atom is 0.226 e. The van der Waals surface area contributed by atoms with E-state index in [0.29, 0.717) is 19.5 Å². The monoisotopic (exact) mass is 426 g/mol. The van der Waals surface area contributed by atoms with Crippen LogP contribution in [0.1, 0.15) is 23.1 Å². The number of benzene rings is 2. The Morgan fingerprint density at radius 1 is 1.28 bits per heavy atom. The fraction of sp³-hybridized carbons (Fsp3) is 0.304. The third-order valence-electron chi connectivity index (χ3n) is 5.27. The number of ether oxygens (including phenoxy) is 1. The van der Waals surface area contributed by atoms with Crippen LogP contribution in [0.15, 0.2) is 48.5 Å². The van der Waals surface area contributed by atoms with Gasteiger partial charge in [-0.25, -0.2) is 4.98 Å². The first-order valence-corrected chi connectivity index (χ1v) is 10.9. The number of nitrogens with zero attached hydrogens (tertiary/aromatic N) is 2. The summed E-state index contributed by atoms with van der Waals surface area (Å²) < 4.78 is 5.33. The molecule has 3 aromatic rings. The predicted octanol–water partition coefficient (Wildman–Crippen LogP) is 5.24. The largest absolute Gasteiger partial charge is 0.497 e. The summed E-state index contributed by atoms with van der Waals surface area (Å²) in [4.78, 5) is 21.0. The van der Waals surface area contributed by atoms with E-state index in [1.54, 1.807) is 18.4 Å². The molecule has 0 aliphatic carbocycles. The molecule has 1 aliphatic rings. The lowest BCUT2D eigenvalue weighted by atomic mass is 9.99. The molecule has 4 rings (SSSR count). The van der Waals surface area contributed by atoms with Crippen molar-refractivity contribution < 1.29 is 9.53 Å². The van der Waals surface area contributed by atoms with Gasteiger partial charge in [0.15, 0.2) is 0 Å². The van der Waals surface area contributed by atoms with Crippen LogP contribution in [-0.4, -0.2) is 29.4 Å². The van der Waals surface area contributed by atoms with E-state index in [1.807, 2.05) is 60.4 Å². The van der Waals surface area contributed by atoms with E-state index < -0.39 is 0 Å². The maximum absolute atomic E-state index is 13.0. The zero-order chi connectivity index (χ0) is 20.4. The topological polar surface area (TPSA) is 42.4 Å². The Labute approximate surface area is 180 Å². The number of aromatic nitrogens is 1. The molecular weight excluding hydrogens is 404 g/mol. The van der Waals surface area contributed by atoms with Crippen molar-refractivity contribution in [2.75, 3.05) is 13.7 Å². The second-order valence-electron chi connectivity index (χ2n) is 7.33. The highest BCUT2D eigenvalue weighted by Crippen LogP contribution is 2.33. The summed E-state index contributed by atoms with van der Waals surface area (Å²) in [5.41, 5.74) is 3.18. The van der Waals surface area contributed by atoms with Gasteiger partial charge in [-0.15, -0.1) is 11.3 Å². The Kier molecular flexibility index (Phi) is 5.88. The van der Waals surface area contributed by atoms with Gasteiger partial charge in [-0.05, 0) is 30.2 Å². The highest BCUT2D eigenvalue weighted by atomic mass is 35.5. The molecule has 1 aromatic heterocycles. The molecule has 2 heterocycles. The van der Waals surface area contributed by atoms with E-state index in [9.17, 15) is 4.79 Å². The predicted molar refractivity (Wildman–Crippen MR) is 118 cm³/mol. The van der Waals surface area contributed by atoms with Crippen LogP contribution in [0, 0.1) is 5.92 Å². The van der Waals surface area contributed by atoms with E-state index in [2.05, 4.69) is 0 Å². The van der Waals surface area contributed by atoms with Gasteiger partial charge in [0.1, 0.15) is 10.8 Å². The first kappa shape index (κ1) is 19.9. The Hall–Kier alpha value is -2.37. The van der Waals surface area contributed by atoms with Crippen LogP contribution in [0.5, 0.6) is 5.75 Å². The smallest absolute Gasteiger partial charge is 0.226 e. The highest BCUT2D eigenvalue weighted by molar-refractivity contribution is 7.15. The van der Waals surface area contributed by atoms with Gasteiger partial charge in [0.2, 0.25) is 5.91 Å². The van der Waals surface area contributed by atoms with Crippen LogP contribution in [0.25, 0.3) is 10.6 Å². The summed E-state index contributed by atoms with van der Waals surface area (Å²) in [5.74, 6) is 0.884. The van der Waals surface area contributed by atoms with Gasteiger partial charge in [0.05, 0.1) is 19.3 Å². The summed E-state index contributed by atoms with van der Waals surface area (Å²) in [7, 11) is 1.67. The molecule has 29 heavy (non-hydrogen) atoms. The lowest BCUT2D eigenvalue weighted by molar-refractivity contribution is -0.135. The summed E-state index contributed by atoms with van der Waals surface area (Å²) >= 11 is 7.93. The van der Waals surface area contributed by atoms with E-state index in [1.165, 1.54) is 4.88 Å². The van der Waals surface area contributed by atoms with E-state index in [-0.39, 0.29) is 11.8 Å². The molecule has 4 nitrogen and oxygen atoms in total. The molecule has 0 saturated carbocycles. The molecule has 1 atom stereocenters. The number of hydrogen-bond acceptors (Lipinski definition) is 4. The van der Waals surface area contributed by atoms with Crippen LogP contribution in [-0.2, 0) is 24.2 Å². The second-order valence-corrected chi connectivity index (χ2v) is 8.82. The van der Waals surface area contributed by atoms with Crippen molar-refractivity contribution in [2.45, 2.75) is 26.3 Å². The Bertz CT molecular complexity index is 1030. The molecule has 0 radical (unpaired) electrons. The third kappa shape index (κ3) is 4.31. The van der Waals surface area contributed by atoms with E-state index in [4.69, 9.17) is 21.3 Å². The minimum Gasteiger partial charge on any atom is -0.497 e. The molecule has 0 spiro atoms. The molecule has 6 heteroatoms. The Morgan fingerprint density at radius 2 is 2.10 bits per heavy atom. The number of hydrogen-bond donors (Lipinski definition) is 0. The SMILES string of the molecule is COc1cccc(-c2nc3c(s2)CN(C(=O)C(C)Cc2ccccc2Cl)CC3)c1. The van der Waals surface area contributed by atoms with Crippen LogP contribution in [0.4, 0.5) is 0 Å². The van der Waals surface area contributed by atoms with Gasteiger partial charge in [0.25, 0.3) is 0 Å². The minimum absolute atomic E-state index is 0.109. The molecule has 0 saturated heterocycles. The number of halogens is 1. The summed E-state index contributed by atoms with van der Waals surface area (Å²) in [6.45, 7) is 3.32. The van der Waals surface area contributed by atoms with Crippen molar-refractivity contribution >= 4 is 28.8 Å². The van der Waals surface area contributed by atoms with Crippen LogP contribution < -0.4 is 4.74 Å². The van der Waals surface area contributed by atoms with Gasteiger partial charge >= 0.3 is 0 Å². The number of fused-ring (bicyclic) bond motifs is 1. The fourth-order valence-corrected chi connectivity index (χ4v) is 4.99. The van der Waals surface area contributed by atoms with Gasteiger partial charge in [0, 0.05) is 34.3 Å². The van der Waals surface area contributed by atoms with Crippen molar-refractivity contribution in [1.29, 1.82) is 0 Å². The number of amides is 1. The molecule has 1 unspecified atom stereocenters. The maximum atomic E-state index is 13.0. The second kappa shape index (κ2) is 8.56. The van der Waals surface area contributed by atoms with Gasteiger partial charge in [-0.3, -0.25) is 4.79 Å². The third-order valence-corrected chi connectivity index (χ3v) is 6.77. The quantitative estimate of drug-likeness (QED) is 0.560. The first-order valence-electron chi connectivity index (χ1n) is 9.70. The Morgan fingerprint density at radius 3 is 2.90 bits per heavy atom. The van der Waals surface area contributed by atoms with Crippen molar-refractivity contribution in [2.24, 2.45) is 5.92 Å². The normalized spacial score (nSPS) is 14.4. The van der Waals surface area contributed by atoms with Crippen molar-refractivity contribution in [3.8, 4) is 16.3 Å². The zero-order valence-electron chi connectivity index (χ0n) is 16.5. The summed E-state index contributed by atoms with van der Waals surface area (Å²) in [6, 6.07) is 15.7. The van der Waals surface area contributed by atoms with Crippen LogP contribution in [0.2, 0.25) is 5.02 Å². The zero-order valence-corrected chi connectivity index (χ0v) is 18.1. The average Bonchev–Trinajstić information content (AvgIpc) is 3.18. The van der Waals surface area contributed by atoms with Gasteiger partial charge in [-0.1, -0.05) is 48.9 Å². The first-order chi connectivity index (χ1) is 14.0. The van der Waals surface area contributed by atoms with E-state index >= 15 is 0 Å². The molecule has 0 bridgehead atoms. The van der Waals surface area contributed by atoms with Crippen molar-refractivity contribution in [1.82, 2.24) is 9.88 Å². The number of carbonyl (C=O) groups is 1. The van der Waals surface area contributed by atoms with E-state index in [0.717, 1.165) is 39.0 Å². The molecule has 2 aromatic carbocycles.